The van der Waals surface area contributed by atoms with E-state index in [-0.39, 0.29) is 17.5 Å². The van der Waals surface area contributed by atoms with Gasteiger partial charge in [0.25, 0.3) is 5.56 Å². The van der Waals surface area contributed by atoms with Crippen molar-refractivity contribution in [3.8, 4) is 0 Å². The standard InChI is InChI=1S/C22H24ClN3O2S2/c1-2-16(13-6-8-14(23)9-7-13)24-19(27)10-11-29-12-18-25-21(28)20-15-4-3-5-17(15)30-22(20)26-18/h6-9,16H,2-5,10-12H2,1H3,(H,24,27)(H,25,26,28). The number of nitrogens with one attached hydrogen (secondary N) is 2. The van der Waals surface area contributed by atoms with Gasteiger partial charge in [-0.05, 0) is 48.9 Å². The number of hydrogen-bond donors (Lipinski definition) is 2. The van der Waals surface area contributed by atoms with E-state index in [1.54, 1.807) is 23.1 Å². The van der Waals surface area contributed by atoms with Gasteiger partial charge in [-0.2, -0.15) is 11.8 Å². The van der Waals surface area contributed by atoms with E-state index >= 15 is 0 Å². The van der Waals surface area contributed by atoms with Crippen molar-refractivity contribution in [2.45, 2.75) is 50.8 Å². The summed E-state index contributed by atoms with van der Waals surface area (Å²) in [6, 6.07) is 7.57. The molecule has 8 heteroatoms. The number of aromatic amines is 1. The summed E-state index contributed by atoms with van der Waals surface area (Å²) in [5.74, 6) is 1.97. The van der Waals surface area contributed by atoms with Crippen LogP contribution in [0.5, 0.6) is 0 Å². The van der Waals surface area contributed by atoms with Crippen LogP contribution >= 0.6 is 34.7 Å². The molecule has 30 heavy (non-hydrogen) atoms. The number of hydrogen-bond acceptors (Lipinski definition) is 5. The summed E-state index contributed by atoms with van der Waals surface area (Å²) in [5.41, 5.74) is 2.23. The number of aromatic nitrogens is 2. The monoisotopic (exact) mass is 461 g/mol. The number of carbonyl (C=O) groups excluding carboxylic acids is 1. The second-order valence-electron chi connectivity index (χ2n) is 7.43. The molecule has 0 fully saturated rings. The Morgan fingerprint density at radius 3 is 2.90 bits per heavy atom. The van der Waals surface area contributed by atoms with Gasteiger partial charge in [-0.25, -0.2) is 4.98 Å². The molecule has 2 aromatic heterocycles. The lowest BCUT2D eigenvalue weighted by Crippen LogP contribution is -2.28. The molecular formula is C22H24ClN3O2S2. The molecule has 2 heterocycles. The van der Waals surface area contributed by atoms with Crippen molar-refractivity contribution < 1.29 is 4.79 Å². The second-order valence-corrected chi connectivity index (χ2v) is 10.1. The van der Waals surface area contributed by atoms with Crippen LogP contribution in [0.15, 0.2) is 29.1 Å². The topological polar surface area (TPSA) is 74.8 Å². The van der Waals surface area contributed by atoms with Crippen molar-refractivity contribution in [1.82, 2.24) is 15.3 Å². The maximum atomic E-state index is 12.5. The van der Waals surface area contributed by atoms with E-state index in [2.05, 4.69) is 15.3 Å². The van der Waals surface area contributed by atoms with E-state index in [1.807, 2.05) is 31.2 Å². The van der Waals surface area contributed by atoms with Crippen molar-refractivity contribution >= 4 is 50.8 Å². The molecule has 0 spiro atoms. The lowest BCUT2D eigenvalue weighted by atomic mass is 10.0. The summed E-state index contributed by atoms with van der Waals surface area (Å²) < 4.78 is 0. The molecule has 1 amide bonds. The van der Waals surface area contributed by atoms with Crippen LogP contribution < -0.4 is 10.9 Å². The third kappa shape index (κ3) is 4.74. The average molecular weight is 462 g/mol. The van der Waals surface area contributed by atoms with Crippen LogP contribution in [-0.4, -0.2) is 21.6 Å². The molecule has 3 aromatic rings. The minimum atomic E-state index is -0.0264. The lowest BCUT2D eigenvalue weighted by molar-refractivity contribution is -0.121. The number of thiophene rings is 1. The molecule has 0 saturated heterocycles. The molecule has 2 N–H and O–H groups in total. The minimum Gasteiger partial charge on any atom is -0.349 e. The van der Waals surface area contributed by atoms with E-state index in [0.29, 0.717) is 28.8 Å². The van der Waals surface area contributed by atoms with E-state index in [0.717, 1.165) is 41.5 Å². The zero-order valence-electron chi connectivity index (χ0n) is 16.8. The van der Waals surface area contributed by atoms with E-state index in [4.69, 9.17) is 11.6 Å². The molecule has 0 aliphatic heterocycles. The van der Waals surface area contributed by atoms with Gasteiger partial charge in [0.2, 0.25) is 5.91 Å². The molecule has 4 rings (SSSR count). The molecule has 1 aromatic carbocycles. The summed E-state index contributed by atoms with van der Waals surface area (Å²) in [6.45, 7) is 2.05. The molecule has 1 aliphatic carbocycles. The Morgan fingerprint density at radius 1 is 1.33 bits per heavy atom. The van der Waals surface area contributed by atoms with Gasteiger partial charge in [-0.3, -0.25) is 9.59 Å². The molecule has 0 bridgehead atoms. The number of halogens is 1. The molecule has 1 aliphatic rings. The number of aryl methyl sites for hydroxylation is 2. The van der Waals surface area contributed by atoms with Gasteiger partial charge in [-0.1, -0.05) is 30.7 Å². The van der Waals surface area contributed by atoms with Crippen molar-refractivity contribution in [3.05, 3.63) is 61.5 Å². The van der Waals surface area contributed by atoms with E-state index < -0.39 is 0 Å². The Hall–Kier alpha value is -1.83. The summed E-state index contributed by atoms with van der Waals surface area (Å²) in [5, 5.41) is 4.56. The van der Waals surface area contributed by atoms with Gasteiger partial charge in [0, 0.05) is 22.1 Å². The first-order chi connectivity index (χ1) is 14.5. The highest BCUT2D eigenvalue weighted by Crippen LogP contribution is 2.34. The highest BCUT2D eigenvalue weighted by molar-refractivity contribution is 7.98. The molecular weight excluding hydrogens is 438 g/mol. The Balaban J connectivity index is 1.29. The predicted molar refractivity (Wildman–Crippen MR) is 126 cm³/mol. The van der Waals surface area contributed by atoms with Crippen LogP contribution in [0.4, 0.5) is 0 Å². The summed E-state index contributed by atoms with van der Waals surface area (Å²) in [4.78, 5) is 34.6. The smallest absolute Gasteiger partial charge is 0.259 e. The Kier molecular flexibility index (Phi) is 6.80. The predicted octanol–water partition coefficient (Wildman–Crippen LogP) is 5.02. The fraction of sp³-hybridized carbons (Fsp3) is 0.409. The highest BCUT2D eigenvalue weighted by Gasteiger charge is 2.21. The first-order valence-electron chi connectivity index (χ1n) is 10.2. The van der Waals surface area contributed by atoms with Gasteiger partial charge >= 0.3 is 0 Å². The number of carbonyl (C=O) groups is 1. The number of benzene rings is 1. The van der Waals surface area contributed by atoms with Crippen molar-refractivity contribution in [1.29, 1.82) is 0 Å². The third-order valence-corrected chi connectivity index (χ3v) is 7.76. The van der Waals surface area contributed by atoms with Gasteiger partial charge in [0.05, 0.1) is 17.2 Å². The highest BCUT2D eigenvalue weighted by atomic mass is 35.5. The SMILES string of the molecule is CCC(NC(=O)CCSCc1nc2sc3c(c2c(=O)[nH]1)CCC3)c1ccc(Cl)cc1. The first-order valence-corrected chi connectivity index (χ1v) is 12.6. The summed E-state index contributed by atoms with van der Waals surface area (Å²) in [7, 11) is 0. The molecule has 0 radical (unpaired) electrons. The first kappa shape index (κ1) is 21.4. The molecule has 158 valence electrons. The fourth-order valence-electron chi connectivity index (χ4n) is 3.83. The fourth-order valence-corrected chi connectivity index (χ4v) is 6.04. The number of nitrogens with zero attached hydrogens (tertiary/aromatic N) is 1. The van der Waals surface area contributed by atoms with E-state index in [1.165, 1.54) is 10.4 Å². The number of H-pyrrole nitrogens is 1. The van der Waals surface area contributed by atoms with Crippen LogP contribution in [0.2, 0.25) is 5.02 Å². The normalized spacial score (nSPS) is 14.1. The molecule has 5 nitrogen and oxygen atoms in total. The largest absolute Gasteiger partial charge is 0.349 e. The van der Waals surface area contributed by atoms with Crippen LogP contribution in [-0.2, 0) is 23.4 Å². The maximum absolute atomic E-state index is 12.5. The van der Waals surface area contributed by atoms with Crippen molar-refractivity contribution in [2.75, 3.05) is 5.75 Å². The van der Waals surface area contributed by atoms with Crippen molar-refractivity contribution in [2.24, 2.45) is 0 Å². The van der Waals surface area contributed by atoms with Gasteiger partial charge < -0.3 is 10.3 Å². The Morgan fingerprint density at radius 2 is 2.13 bits per heavy atom. The minimum absolute atomic E-state index is 0.0130. The van der Waals surface area contributed by atoms with Gasteiger partial charge in [-0.15, -0.1) is 11.3 Å². The average Bonchev–Trinajstić information content (AvgIpc) is 3.31. The third-order valence-electron chi connectivity index (χ3n) is 5.35. The molecule has 0 saturated carbocycles. The summed E-state index contributed by atoms with van der Waals surface area (Å²) in [6.07, 6.45) is 4.42. The number of rotatable bonds is 8. The molecule has 1 atom stereocenters. The van der Waals surface area contributed by atoms with Crippen LogP contribution in [0.3, 0.4) is 0 Å². The number of fused-ring (bicyclic) bond motifs is 3. The zero-order valence-corrected chi connectivity index (χ0v) is 19.2. The molecule has 1 unspecified atom stereocenters. The summed E-state index contributed by atoms with van der Waals surface area (Å²) >= 11 is 9.21. The quantitative estimate of drug-likeness (QED) is 0.462. The lowest BCUT2D eigenvalue weighted by Gasteiger charge is -2.17. The number of thioether (sulfide) groups is 1. The second kappa shape index (κ2) is 9.54. The zero-order chi connectivity index (χ0) is 21.1. The van der Waals surface area contributed by atoms with Gasteiger partial charge in [0.15, 0.2) is 0 Å². The Labute approximate surface area is 188 Å². The van der Waals surface area contributed by atoms with E-state index in [9.17, 15) is 9.59 Å². The van der Waals surface area contributed by atoms with Crippen LogP contribution in [0.25, 0.3) is 10.2 Å². The van der Waals surface area contributed by atoms with Crippen LogP contribution in [0, 0.1) is 0 Å². The number of amides is 1. The van der Waals surface area contributed by atoms with Gasteiger partial charge in [0.1, 0.15) is 10.7 Å². The van der Waals surface area contributed by atoms with Crippen molar-refractivity contribution in [3.63, 3.8) is 0 Å². The Bertz CT molecular complexity index is 1110. The van der Waals surface area contributed by atoms with Crippen LogP contribution in [0.1, 0.15) is 54.1 Å². The maximum Gasteiger partial charge on any atom is 0.259 e.